The lowest BCUT2D eigenvalue weighted by atomic mass is 10.1. The summed E-state index contributed by atoms with van der Waals surface area (Å²) in [5, 5.41) is 11.9. The molecular formula is C9H10ClNO. The Kier molecular flexibility index (Phi) is 2.71. The molecular weight excluding hydrogens is 174 g/mol. The fraction of sp³-hybridized carbons (Fsp3) is 0.222. The summed E-state index contributed by atoms with van der Waals surface area (Å²) in [6.45, 7) is 3.90. The van der Waals surface area contributed by atoms with Gasteiger partial charge < -0.3 is 5.21 Å². The van der Waals surface area contributed by atoms with Gasteiger partial charge in [0.25, 0.3) is 0 Å². The molecule has 0 aliphatic rings. The number of oxime groups is 1. The van der Waals surface area contributed by atoms with E-state index in [1.54, 1.807) is 0 Å². The Morgan fingerprint density at radius 1 is 1.42 bits per heavy atom. The van der Waals surface area contributed by atoms with Crippen LogP contribution < -0.4 is 0 Å². The molecule has 0 aliphatic heterocycles. The minimum Gasteiger partial charge on any atom is -0.411 e. The van der Waals surface area contributed by atoms with Crippen LogP contribution in [0, 0.1) is 13.8 Å². The van der Waals surface area contributed by atoms with E-state index >= 15 is 0 Å². The van der Waals surface area contributed by atoms with E-state index < -0.39 is 0 Å². The molecule has 0 atom stereocenters. The first-order valence-electron chi connectivity index (χ1n) is 3.59. The van der Waals surface area contributed by atoms with Gasteiger partial charge in [-0.15, -0.1) is 0 Å². The zero-order valence-electron chi connectivity index (χ0n) is 7.00. The Morgan fingerprint density at radius 3 is 2.58 bits per heavy atom. The standard InChI is InChI=1S/C9H10ClNO/c1-6-3-7(2)8(5-11-12)9(10)4-6/h3-5,12H,1-2H3/b11-5+. The molecule has 1 aromatic rings. The quantitative estimate of drug-likeness (QED) is 0.405. The van der Waals surface area contributed by atoms with Crippen molar-refractivity contribution in [2.45, 2.75) is 13.8 Å². The van der Waals surface area contributed by atoms with E-state index in [4.69, 9.17) is 16.8 Å². The van der Waals surface area contributed by atoms with Gasteiger partial charge in [0.15, 0.2) is 0 Å². The summed E-state index contributed by atoms with van der Waals surface area (Å²) >= 11 is 5.91. The van der Waals surface area contributed by atoms with E-state index in [0.29, 0.717) is 5.02 Å². The van der Waals surface area contributed by atoms with Gasteiger partial charge in [-0.2, -0.15) is 0 Å². The van der Waals surface area contributed by atoms with Gasteiger partial charge in [-0.05, 0) is 31.0 Å². The van der Waals surface area contributed by atoms with Gasteiger partial charge >= 0.3 is 0 Å². The van der Waals surface area contributed by atoms with Crippen LogP contribution in [-0.4, -0.2) is 11.4 Å². The third kappa shape index (κ3) is 1.77. The van der Waals surface area contributed by atoms with Crippen LogP contribution in [0.25, 0.3) is 0 Å². The third-order valence-electron chi connectivity index (χ3n) is 1.67. The summed E-state index contributed by atoms with van der Waals surface area (Å²) in [5.41, 5.74) is 2.88. The van der Waals surface area contributed by atoms with Gasteiger partial charge in [-0.25, -0.2) is 0 Å². The van der Waals surface area contributed by atoms with E-state index in [2.05, 4.69) is 5.16 Å². The second-order valence-corrected chi connectivity index (χ2v) is 3.13. The molecule has 0 spiro atoms. The molecule has 0 unspecified atom stereocenters. The maximum Gasteiger partial charge on any atom is 0.0751 e. The molecule has 64 valence electrons. The highest BCUT2D eigenvalue weighted by molar-refractivity contribution is 6.33. The zero-order chi connectivity index (χ0) is 9.14. The number of hydrogen-bond donors (Lipinski definition) is 1. The number of rotatable bonds is 1. The van der Waals surface area contributed by atoms with Crippen LogP contribution >= 0.6 is 11.6 Å². The third-order valence-corrected chi connectivity index (χ3v) is 1.98. The van der Waals surface area contributed by atoms with Crippen molar-refractivity contribution in [3.8, 4) is 0 Å². The van der Waals surface area contributed by atoms with Crippen LogP contribution in [0.15, 0.2) is 17.3 Å². The molecule has 12 heavy (non-hydrogen) atoms. The average molecular weight is 184 g/mol. The maximum atomic E-state index is 8.35. The summed E-state index contributed by atoms with van der Waals surface area (Å²) in [6, 6.07) is 3.83. The predicted molar refractivity (Wildman–Crippen MR) is 50.3 cm³/mol. The van der Waals surface area contributed by atoms with Crippen LogP contribution in [0.2, 0.25) is 5.02 Å². The molecule has 0 heterocycles. The molecule has 0 saturated heterocycles. The molecule has 0 fully saturated rings. The van der Waals surface area contributed by atoms with Crippen molar-refractivity contribution in [3.05, 3.63) is 33.8 Å². The van der Waals surface area contributed by atoms with Crippen LogP contribution in [-0.2, 0) is 0 Å². The molecule has 0 radical (unpaired) electrons. The summed E-state index contributed by atoms with van der Waals surface area (Å²) < 4.78 is 0. The SMILES string of the molecule is Cc1cc(C)c(/C=N/O)c(Cl)c1. The lowest BCUT2D eigenvalue weighted by Gasteiger charge is -2.03. The topological polar surface area (TPSA) is 32.6 Å². The monoisotopic (exact) mass is 183 g/mol. The molecule has 1 N–H and O–H groups in total. The minimum atomic E-state index is 0.616. The number of halogens is 1. The van der Waals surface area contributed by atoms with Crippen molar-refractivity contribution in [2.24, 2.45) is 5.16 Å². The van der Waals surface area contributed by atoms with Gasteiger partial charge in [0.1, 0.15) is 0 Å². The van der Waals surface area contributed by atoms with E-state index in [1.165, 1.54) is 6.21 Å². The van der Waals surface area contributed by atoms with Gasteiger partial charge in [-0.3, -0.25) is 0 Å². The fourth-order valence-electron chi connectivity index (χ4n) is 1.15. The number of aryl methyl sites for hydroxylation is 2. The molecule has 0 aliphatic carbocycles. The zero-order valence-corrected chi connectivity index (χ0v) is 7.76. The number of hydrogen-bond acceptors (Lipinski definition) is 2. The molecule has 0 bridgehead atoms. The summed E-state index contributed by atoms with van der Waals surface area (Å²) in [5.74, 6) is 0. The average Bonchev–Trinajstić information content (AvgIpc) is 1.96. The Labute approximate surface area is 76.5 Å². The summed E-state index contributed by atoms with van der Waals surface area (Å²) in [7, 11) is 0. The van der Waals surface area contributed by atoms with Crippen molar-refractivity contribution >= 4 is 17.8 Å². The largest absolute Gasteiger partial charge is 0.411 e. The second-order valence-electron chi connectivity index (χ2n) is 2.72. The number of benzene rings is 1. The van der Waals surface area contributed by atoms with Crippen LogP contribution in [0.1, 0.15) is 16.7 Å². The second kappa shape index (κ2) is 3.59. The minimum absolute atomic E-state index is 0.616. The van der Waals surface area contributed by atoms with Gasteiger partial charge in [0.2, 0.25) is 0 Å². The predicted octanol–water partition coefficient (Wildman–Crippen LogP) is 2.76. The number of nitrogens with zero attached hydrogens (tertiary/aromatic N) is 1. The highest BCUT2D eigenvalue weighted by Crippen LogP contribution is 2.19. The Morgan fingerprint density at radius 2 is 2.08 bits per heavy atom. The van der Waals surface area contributed by atoms with Gasteiger partial charge in [0.05, 0.1) is 6.21 Å². The Bertz CT molecular complexity index is 297. The van der Waals surface area contributed by atoms with E-state index in [-0.39, 0.29) is 0 Å². The highest BCUT2D eigenvalue weighted by atomic mass is 35.5. The lowest BCUT2D eigenvalue weighted by Crippen LogP contribution is -1.90. The van der Waals surface area contributed by atoms with Crippen LogP contribution in [0.3, 0.4) is 0 Å². The van der Waals surface area contributed by atoms with Crippen molar-refractivity contribution in [1.82, 2.24) is 0 Å². The first kappa shape index (κ1) is 9.07. The molecule has 0 saturated carbocycles. The fourth-order valence-corrected chi connectivity index (χ4v) is 1.52. The molecule has 1 rings (SSSR count). The van der Waals surface area contributed by atoms with Crippen LogP contribution in [0.5, 0.6) is 0 Å². The van der Waals surface area contributed by atoms with Crippen molar-refractivity contribution in [1.29, 1.82) is 0 Å². The van der Waals surface area contributed by atoms with E-state index in [9.17, 15) is 0 Å². The Hall–Kier alpha value is -1.02. The van der Waals surface area contributed by atoms with Gasteiger partial charge in [0, 0.05) is 10.6 Å². The molecule has 1 aromatic carbocycles. The summed E-state index contributed by atoms with van der Waals surface area (Å²) in [4.78, 5) is 0. The van der Waals surface area contributed by atoms with Crippen molar-refractivity contribution < 1.29 is 5.21 Å². The summed E-state index contributed by atoms with van der Waals surface area (Å²) in [6.07, 6.45) is 1.34. The molecule has 0 aromatic heterocycles. The molecule has 3 heteroatoms. The Balaban J connectivity index is 3.28. The van der Waals surface area contributed by atoms with E-state index in [0.717, 1.165) is 16.7 Å². The van der Waals surface area contributed by atoms with Gasteiger partial charge in [-0.1, -0.05) is 22.8 Å². The lowest BCUT2D eigenvalue weighted by molar-refractivity contribution is 0.322. The van der Waals surface area contributed by atoms with E-state index in [1.807, 2.05) is 26.0 Å². The highest BCUT2D eigenvalue weighted by Gasteiger charge is 2.01. The molecule has 0 amide bonds. The normalized spacial score (nSPS) is 10.9. The smallest absolute Gasteiger partial charge is 0.0751 e. The van der Waals surface area contributed by atoms with Crippen molar-refractivity contribution in [2.75, 3.05) is 0 Å². The van der Waals surface area contributed by atoms with Crippen LogP contribution in [0.4, 0.5) is 0 Å². The first-order valence-corrected chi connectivity index (χ1v) is 3.97. The first-order chi connectivity index (χ1) is 5.65. The molecule has 2 nitrogen and oxygen atoms in total. The maximum absolute atomic E-state index is 8.35. The van der Waals surface area contributed by atoms with Crippen molar-refractivity contribution in [3.63, 3.8) is 0 Å².